The van der Waals surface area contributed by atoms with Crippen LogP contribution in [0.15, 0.2) is 23.2 Å². The van der Waals surface area contributed by atoms with E-state index in [2.05, 4.69) is 42.2 Å². The maximum atomic E-state index is 14.6. The van der Waals surface area contributed by atoms with Crippen LogP contribution in [0.5, 0.6) is 5.75 Å². The van der Waals surface area contributed by atoms with Gasteiger partial charge < -0.3 is 68.2 Å². The van der Waals surface area contributed by atoms with Gasteiger partial charge in [0, 0.05) is 36.8 Å². The number of aromatic nitrogens is 1. The first kappa shape index (κ1) is 47.9. The molecule has 13 N–H and O–H groups in total. The van der Waals surface area contributed by atoms with Crippen molar-refractivity contribution in [2.24, 2.45) is 17.6 Å². The number of rotatable bonds is 6. The molecule has 24 heteroatoms. The van der Waals surface area contributed by atoms with E-state index in [1.165, 1.54) is 32.0 Å². The van der Waals surface area contributed by atoms with Gasteiger partial charge in [0.1, 0.15) is 47.0 Å². The zero-order valence-electron chi connectivity index (χ0n) is 35.0. The lowest BCUT2D eigenvalue weighted by molar-refractivity contribution is -0.144. The van der Waals surface area contributed by atoms with Crippen molar-refractivity contribution >= 4 is 74.9 Å². The summed E-state index contributed by atoms with van der Waals surface area (Å²) in [5, 5.41) is 49.1. The molecule has 23 nitrogen and oxygen atoms in total. The number of nitrogens with two attached hydrogens (primary N) is 1. The van der Waals surface area contributed by atoms with Crippen molar-refractivity contribution in [3.63, 3.8) is 0 Å². The summed E-state index contributed by atoms with van der Waals surface area (Å²) in [5.74, 6) is -11.4. The maximum absolute atomic E-state index is 14.6. The van der Waals surface area contributed by atoms with Gasteiger partial charge in [0.2, 0.25) is 53.2 Å². The summed E-state index contributed by atoms with van der Waals surface area (Å²) >= 11 is 0. The molecule has 344 valence electrons. The molecule has 3 aliphatic rings. The number of phenolic OH excluding ortho intramolecular Hbond substituents is 1. The molecular formula is C39H54N10O13S. The number of aliphatic hydroxyl groups excluding tert-OH is 2. The topological polar surface area (TPSA) is 361 Å². The summed E-state index contributed by atoms with van der Waals surface area (Å²) in [5.41, 5.74) is 5.80. The van der Waals surface area contributed by atoms with Crippen molar-refractivity contribution in [3.8, 4) is 5.75 Å². The van der Waals surface area contributed by atoms with Crippen LogP contribution < -0.4 is 43.0 Å². The molecule has 63 heavy (non-hydrogen) atoms. The average molecular weight is 903 g/mol. The Balaban J connectivity index is 1.73. The molecule has 0 saturated carbocycles. The number of aromatic hydroxyl groups is 1. The molecule has 0 spiro atoms. The summed E-state index contributed by atoms with van der Waals surface area (Å²) in [6.07, 6.45) is -3.85. The Morgan fingerprint density at radius 3 is 2.17 bits per heavy atom. The number of benzene rings is 1. The van der Waals surface area contributed by atoms with Gasteiger partial charge in [-0.2, -0.15) is 0 Å². The second-order valence-corrected chi connectivity index (χ2v) is 17.6. The quantitative estimate of drug-likeness (QED) is 0.130. The molecule has 9 amide bonds. The fourth-order valence-electron chi connectivity index (χ4n) is 7.59. The van der Waals surface area contributed by atoms with Crippen molar-refractivity contribution < 1.29 is 62.7 Å². The molecule has 1 aromatic heterocycles. The first-order valence-corrected chi connectivity index (χ1v) is 21.7. The van der Waals surface area contributed by atoms with Crippen molar-refractivity contribution in [2.45, 2.75) is 107 Å². The number of H-pyrrole nitrogens is 1. The summed E-state index contributed by atoms with van der Waals surface area (Å²) in [6, 6.07) is -5.57. The third-order valence-electron chi connectivity index (χ3n) is 11.5. The number of aliphatic hydroxyl groups is 2. The molecule has 0 aliphatic carbocycles. The lowest BCUT2D eigenvalue weighted by atomic mass is 9.94. The van der Waals surface area contributed by atoms with E-state index in [1.54, 1.807) is 13.8 Å². The normalized spacial score (nSPS) is 28.8. The third kappa shape index (κ3) is 11.5. The molecule has 1 fully saturated rings. The predicted octanol–water partition coefficient (Wildman–Crippen LogP) is -4.89. The van der Waals surface area contributed by atoms with E-state index in [0.29, 0.717) is 11.8 Å². The van der Waals surface area contributed by atoms with E-state index in [-0.39, 0.29) is 28.3 Å². The minimum atomic E-state index is -2.35. The molecule has 1 aromatic carbocycles. The van der Waals surface area contributed by atoms with Crippen LogP contribution in [0.3, 0.4) is 0 Å². The molecule has 3 aliphatic heterocycles. The van der Waals surface area contributed by atoms with Crippen LogP contribution >= 0.6 is 0 Å². The Hall–Kier alpha value is -6.14. The van der Waals surface area contributed by atoms with E-state index in [1.807, 2.05) is 0 Å². The third-order valence-corrected chi connectivity index (χ3v) is 12.9. The van der Waals surface area contributed by atoms with Crippen molar-refractivity contribution in [2.75, 3.05) is 25.4 Å². The van der Waals surface area contributed by atoms with E-state index < -0.39 is 162 Å². The SMILES string of the molecule is CC[C@H](C)[C@@H]1NC(=O)CNC(=O)[C@@H]2Cc3c([nH]c4cc(O)ccc34)S(=O)C[C@H](NC(=O)CNC1=O)C(=O)N[C@H](CC(N)=O)C(=O)N1C[C@H](O)C[C@H]1C(=O)NC([C@@H](C)[C@@H](C)O)C(=O)N2. The highest BCUT2D eigenvalue weighted by Crippen LogP contribution is 2.30. The standard InChI is InChI=1S/C39H54N10O13S/c1-5-16(2)31-36(59)42-12-29(54)43-26-15-63(62)38-22(21-7-6-19(51)8-23(21)46-38)10-24(33(56)41-13-30(55)47-31)44-37(60)32(17(3)18(4)50)48-35(58)27-9-20(52)14-49(27)39(61)25(11-28(40)53)45-34(26)57/h6-8,16-18,20,24-27,31-32,46,50-52H,5,9-15H2,1-4H3,(H2,40,53)(H,41,56)(H,42,59)(H,43,54)(H,44,60)(H,45,57)(H,47,55)(H,48,58)/t16-,17-,18+,20+,24-,25+,26-,27-,31-,32?,63?/m0/s1. The number of hydrogen-bond donors (Lipinski definition) is 12. The highest BCUT2D eigenvalue weighted by atomic mass is 32.2. The fourth-order valence-corrected chi connectivity index (χ4v) is 8.99. The van der Waals surface area contributed by atoms with Crippen molar-refractivity contribution in [1.82, 2.24) is 47.1 Å². The Labute approximate surface area is 363 Å². The van der Waals surface area contributed by atoms with E-state index in [4.69, 9.17) is 5.73 Å². The molecule has 2 unspecified atom stereocenters. The number of aromatic amines is 1. The second-order valence-electron chi connectivity index (χ2n) is 16.1. The highest BCUT2D eigenvalue weighted by Gasteiger charge is 2.45. The molecule has 2 bridgehead atoms. The molecule has 0 radical (unpaired) electrons. The number of primary amides is 1. The molecule has 11 atom stereocenters. The van der Waals surface area contributed by atoms with Crippen LogP contribution in [0.4, 0.5) is 0 Å². The summed E-state index contributed by atoms with van der Waals surface area (Å²) in [7, 11) is -2.35. The molecule has 5 rings (SSSR count). The second kappa shape index (κ2) is 20.4. The van der Waals surface area contributed by atoms with Gasteiger partial charge in [-0.1, -0.05) is 27.2 Å². The fraction of sp³-hybridized carbons (Fsp3) is 0.564. The van der Waals surface area contributed by atoms with Crippen LogP contribution in [0, 0.1) is 11.8 Å². The van der Waals surface area contributed by atoms with Crippen LogP contribution in [-0.2, 0) is 60.4 Å². The zero-order valence-corrected chi connectivity index (χ0v) is 35.8. The van der Waals surface area contributed by atoms with Crippen LogP contribution in [0.1, 0.15) is 52.5 Å². The summed E-state index contributed by atoms with van der Waals surface area (Å²) < 4.78 is 14.6. The Kier molecular flexibility index (Phi) is 15.5. The van der Waals surface area contributed by atoms with E-state index >= 15 is 0 Å². The van der Waals surface area contributed by atoms with Gasteiger partial charge in [0.05, 0.1) is 53.8 Å². The lowest BCUT2D eigenvalue weighted by Crippen LogP contribution is -2.62. The van der Waals surface area contributed by atoms with E-state index in [9.17, 15) is 62.7 Å². The van der Waals surface area contributed by atoms with Crippen molar-refractivity contribution in [3.05, 3.63) is 23.8 Å². The summed E-state index contributed by atoms with van der Waals surface area (Å²) in [6.45, 7) is 4.23. The van der Waals surface area contributed by atoms with Gasteiger partial charge in [-0.25, -0.2) is 0 Å². The Morgan fingerprint density at radius 2 is 1.52 bits per heavy atom. The zero-order chi connectivity index (χ0) is 46.4. The summed E-state index contributed by atoms with van der Waals surface area (Å²) in [4.78, 5) is 127. The Bertz CT molecular complexity index is 2180. The number of amides is 9. The number of carbonyl (C=O) groups excluding carboxylic acids is 9. The largest absolute Gasteiger partial charge is 0.508 e. The minimum absolute atomic E-state index is 0.117. The minimum Gasteiger partial charge on any atom is -0.508 e. The first-order valence-electron chi connectivity index (χ1n) is 20.4. The smallest absolute Gasteiger partial charge is 0.246 e. The van der Waals surface area contributed by atoms with Crippen LogP contribution in [0.25, 0.3) is 10.9 Å². The molecule has 1 saturated heterocycles. The molecular weight excluding hydrogens is 849 g/mol. The van der Waals surface area contributed by atoms with Crippen LogP contribution in [-0.4, -0.2) is 156 Å². The number of nitrogens with zero attached hydrogens (tertiary/aromatic N) is 1. The number of phenols is 1. The van der Waals surface area contributed by atoms with Crippen LogP contribution in [0.2, 0.25) is 0 Å². The average Bonchev–Trinajstić information content (AvgIpc) is 3.80. The first-order chi connectivity index (χ1) is 29.7. The molecule has 2 aromatic rings. The van der Waals surface area contributed by atoms with Gasteiger partial charge in [-0.05, 0) is 30.5 Å². The van der Waals surface area contributed by atoms with Gasteiger partial charge in [-0.3, -0.25) is 47.4 Å². The number of nitrogens with one attached hydrogen (secondary N) is 8. The molecule has 4 heterocycles. The Morgan fingerprint density at radius 1 is 0.857 bits per heavy atom. The van der Waals surface area contributed by atoms with E-state index in [0.717, 1.165) is 4.90 Å². The van der Waals surface area contributed by atoms with Gasteiger partial charge in [-0.15, -0.1) is 0 Å². The highest BCUT2D eigenvalue weighted by molar-refractivity contribution is 7.85. The van der Waals surface area contributed by atoms with Gasteiger partial charge >= 0.3 is 0 Å². The van der Waals surface area contributed by atoms with Crippen molar-refractivity contribution in [1.29, 1.82) is 0 Å². The lowest BCUT2D eigenvalue weighted by Gasteiger charge is -2.32. The number of carbonyl (C=O) groups is 9. The number of hydrogen-bond acceptors (Lipinski definition) is 13. The van der Waals surface area contributed by atoms with Gasteiger partial charge in [0.15, 0.2) is 0 Å². The predicted molar refractivity (Wildman–Crippen MR) is 221 cm³/mol. The van der Waals surface area contributed by atoms with Gasteiger partial charge in [0.25, 0.3) is 0 Å². The number of fused-ring (bicyclic) bond motifs is 5. The maximum Gasteiger partial charge on any atom is 0.246 e. The monoisotopic (exact) mass is 902 g/mol.